The van der Waals surface area contributed by atoms with Gasteiger partial charge in [-0.1, -0.05) is 11.8 Å². The van der Waals surface area contributed by atoms with Crippen molar-refractivity contribution >= 4 is 44.5 Å². The third-order valence-corrected chi connectivity index (χ3v) is 7.91. The van der Waals surface area contributed by atoms with Gasteiger partial charge in [0.1, 0.15) is 12.1 Å². The average molecular weight is 470 g/mol. The molecule has 31 heavy (non-hydrogen) atoms. The van der Waals surface area contributed by atoms with Crippen LogP contribution >= 0.6 is 11.8 Å². The van der Waals surface area contributed by atoms with Crippen molar-refractivity contribution in [3.8, 4) is 11.5 Å². The highest BCUT2D eigenvalue weighted by Crippen LogP contribution is 2.43. The fourth-order valence-corrected chi connectivity index (χ4v) is 7.44. The summed E-state index contributed by atoms with van der Waals surface area (Å²) >= 11 is 1.25. The molecule has 0 radical (unpaired) electrons. The lowest BCUT2D eigenvalue weighted by molar-refractivity contribution is -0.117. The molecule has 0 bridgehead atoms. The second-order valence-corrected chi connectivity index (χ2v) is 11.7. The molecular formula is C19H23N3O7S2. The summed E-state index contributed by atoms with van der Waals surface area (Å²) in [6, 6.07) is 4.92. The molecule has 1 aromatic carbocycles. The van der Waals surface area contributed by atoms with Crippen molar-refractivity contribution < 1.29 is 32.2 Å². The van der Waals surface area contributed by atoms with Crippen LogP contribution in [0.4, 0.5) is 10.5 Å². The molecule has 168 valence electrons. The standard InChI is InChI=1S/C19H23N3O7S2/c1-19(2,3)29-18(24)20-7-16(23)21-17-22(12-8-31(25,26)9-15(12)30-17)11-4-5-13-14(6-11)28-10-27-13/h4-6,12,15H,7-10H2,1-3H3,(H,20,24)/t12-,15+/m0/s1. The van der Waals surface area contributed by atoms with Crippen LogP contribution in [0.2, 0.25) is 0 Å². The first-order chi connectivity index (χ1) is 14.5. The zero-order valence-corrected chi connectivity index (χ0v) is 18.9. The second-order valence-electron chi connectivity index (χ2n) is 8.35. The molecule has 2 atom stereocenters. The number of anilines is 1. The SMILES string of the molecule is CC(C)(C)OC(=O)NCC(=O)N=C1S[C@@H]2CS(=O)(=O)C[C@@H]2N1c1ccc2c(c1)OCO2. The molecule has 12 heteroatoms. The van der Waals surface area contributed by atoms with E-state index in [1.54, 1.807) is 43.9 Å². The lowest BCUT2D eigenvalue weighted by Gasteiger charge is -2.24. The van der Waals surface area contributed by atoms with Crippen molar-refractivity contribution in [3.05, 3.63) is 18.2 Å². The molecule has 2 saturated heterocycles. The number of amidine groups is 1. The van der Waals surface area contributed by atoms with E-state index in [-0.39, 0.29) is 36.1 Å². The molecule has 2 amide bonds. The number of ether oxygens (including phenoxy) is 3. The van der Waals surface area contributed by atoms with Gasteiger partial charge in [-0.2, -0.15) is 4.99 Å². The Labute approximate surface area is 184 Å². The number of hydrogen-bond donors (Lipinski definition) is 1. The Hall–Kier alpha value is -2.47. The monoisotopic (exact) mass is 469 g/mol. The number of fused-ring (bicyclic) bond motifs is 2. The van der Waals surface area contributed by atoms with Crippen LogP contribution in [0.5, 0.6) is 11.5 Å². The van der Waals surface area contributed by atoms with E-state index in [0.29, 0.717) is 22.4 Å². The zero-order chi connectivity index (χ0) is 22.4. The van der Waals surface area contributed by atoms with Crippen molar-refractivity contribution in [2.75, 3.05) is 29.7 Å². The van der Waals surface area contributed by atoms with Crippen molar-refractivity contribution in [2.45, 2.75) is 37.7 Å². The van der Waals surface area contributed by atoms with Crippen LogP contribution in [0.3, 0.4) is 0 Å². The topological polar surface area (TPSA) is 124 Å². The number of nitrogens with zero attached hydrogens (tertiary/aromatic N) is 2. The normalized spacial score (nSPS) is 24.9. The summed E-state index contributed by atoms with van der Waals surface area (Å²) in [4.78, 5) is 30.1. The van der Waals surface area contributed by atoms with Crippen LogP contribution in [-0.4, -0.2) is 67.3 Å². The van der Waals surface area contributed by atoms with Gasteiger partial charge in [0.2, 0.25) is 6.79 Å². The molecule has 10 nitrogen and oxygen atoms in total. The van der Waals surface area contributed by atoms with Crippen LogP contribution in [0, 0.1) is 0 Å². The van der Waals surface area contributed by atoms with E-state index in [1.165, 1.54) is 11.8 Å². The first-order valence-corrected chi connectivity index (χ1v) is 12.4. The summed E-state index contributed by atoms with van der Waals surface area (Å²) in [7, 11) is -3.18. The molecule has 4 rings (SSSR count). The maximum Gasteiger partial charge on any atom is 0.408 e. The van der Waals surface area contributed by atoms with Gasteiger partial charge < -0.3 is 24.4 Å². The molecule has 1 N–H and O–H groups in total. The van der Waals surface area contributed by atoms with Crippen LogP contribution in [0.1, 0.15) is 20.8 Å². The number of alkyl carbamates (subject to hydrolysis) is 1. The van der Waals surface area contributed by atoms with E-state index >= 15 is 0 Å². The van der Waals surface area contributed by atoms with Gasteiger partial charge in [0, 0.05) is 17.0 Å². The highest BCUT2D eigenvalue weighted by atomic mass is 32.2. The number of hydrogen-bond acceptors (Lipinski definition) is 8. The Bertz CT molecular complexity index is 1050. The molecule has 0 spiro atoms. The Morgan fingerprint density at radius 2 is 2.00 bits per heavy atom. The number of carbonyl (C=O) groups is 2. The smallest absolute Gasteiger partial charge is 0.408 e. The van der Waals surface area contributed by atoms with Gasteiger partial charge in [-0.3, -0.25) is 4.79 Å². The molecule has 3 heterocycles. The Balaban J connectivity index is 1.54. The highest BCUT2D eigenvalue weighted by molar-refractivity contribution is 8.16. The van der Waals surface area contributed by atoms with Crippen LogP contribution < -0.4 is 19.7 Å². The Kier molecular flexibility index (Phi) is 5.54. The Morgan fingerprint density at radius 1 is 1.26 bits per heavy atom. The number of aliphatic imine (C=N–C) groups is 1. The summed E-state index contributed by atoms with van der Waals surface area (Å²) in [6.07, 6.45) is -0.712. The van der Waals surface area contributed by atoms with Gasteiger partial charge in [-0.15, -0.1) is 0 Å². The summed E-state index contributed by atoms with van der Waals surface area (Å²) < 4.78 is 40.2. The number of nitrogens with one attached hydrogen (secondary N) is 1. The number of benzene rings is 1. The number of rotatable bonds is 3. The van der Waals surface area contributed by atoms with Crippen molar-refractivity contribution in [1.82, 2.24) is 5.32 Å². The maximum absolute atomic E-state index is 12.4. The summed E-state index contributed by atoms with van der Waals surface area (Å²) in [5.74, 6) is 0.572. The van der Waals surface area contributed by atoms with E-state index in [1.807, 2.05) is 0 Å². The Morgan fingerprint density at radius 3 is 2.74 bits per heavy atom. The van der Waals surface area contributed by atoms with Gasteiger partial charge in [0.15, 0.2) is 26.5 Å². The summed E-state index contributed by atoms with van der Waals surface area (Å²) in [5.41, 5.74) is -0.0209. The molecular weight excluding hydrogens is 446 g/mol. The fourth-order valence-electron chi connectivity index (χ4n) is 3.51. The zero-order valence-electron chi connectivity index (χ0n) is 17.3. The van der Waals surface area contributed by atoms with Gasteiger partial charge in [0.05, 0.1) is 17.5 Å². The maximum atomic E-state index is 12.4. The van der Waals surface area contributed by atoms with Gasteiger partial charge in [-0.25, -0.2) is 13.2 Å². The van der Waals surface area contributed by atoms with Gasteiger partial charge in [-0.05, 0) is 32.9 Å². The minimum Gasteiger partial charge on any atom is -0.454 e. The quantitative estimate of drug-likeness (QED) is 0.702. The molecule has 0 aliphatic carbocycles. The van der Waals surface area contributed by atoms with E-state index in [4.69, 9.17) is 14.2 Å². The number of thioether (sulfide) groups is 1. The first-order valence-electron chi connectivity index (χ1n) is 9.65. The summed E-state index contributed by atoms with van der Waals surface area (Å²) in [6.45, 7) is 4.95. The van der Waals surface area contributed by atoms with Crippen LogP contribution in [0.15, 0.2) is 23.2 Å². The van der Waals surface area contributed by atoms with Gasteiger partial charge in [0.25, 0.3) is 5.91 Å². The van der Waals surface area contributed by atoms with E-state index in [9.17, 15) is 18.0 Å². The molecule has 2 fully saturated rings. The van der Waals surface area contributed by atoms with Crippen molar-refractivity contribution in [1.29, 1.82) is 0 Å². The number of sulfone groups is 1. The van der Waals surface area contributed by atoms with Crippen molar-refractivity contribution in [3.63, 3.8) is 0 Å². The fraction of sp³-hybridized carbons (Fsp3) is 0.526. The summed E-state index contributed by atoms with van der Waals surface area (Å²) in [5, 5.41) is 2.54. The molecule has 3 aliphatic rings. The molecule has 0 unspecified atom stereocenters. The first kappa shape index (κ1) is 21.8. The molecule has 0 saturated carbocycles. The van der Waals surface area contributed by atoms with Gasteiger partial charge >= 0.3 is 6.09 Å². The van der Waals surface area contributed by atoms with Crippen LogP contribution in [0.25, 0.3) is 0 Å². The van der Waals surface area contributed by atoms with E-state index < -0.39 is 27.4 Å². The second kappa shape index (κ2) is 7.90. The highest BCUT2D eigenvalue weighted by Gasteiger charge is 2.49. The lowest BCUT2D eigenvalue weighted by atomic mass is 10.2. The molecule has 3 aliphatic heterocycles. The minimum atomic E-state index is -3.18. The average Bonchev–Trinajstić information content (AvgIpc) is 3.29. The third-order valence-electron chi connectivity index (χ3n) is 4.70. The van der Waals surface area contributed by atoms with E-state index in [2.05, 4.69) is 10.3 Å². The number of amides is 2. The lowest BCUT2D eigenvalue weighted by Crippen LogP contribution is -2.38. The van der Waals surface area contributed by atoms with Crippen LogP contribution in [-0.2, 0) is 19.4 Å². The predicted molar refractivity (Wildman–Crippen MR) is 116 cm³/mol. The van der Waals surface area contributed by atoms with E-state index in [0.717, 1.165) is 0 Å². The predicted octanol–water partition coefficient (Wildman–Crippen LogP) is 1.54. The van der Waals surface area contributed by atoms with Crippen molar-refractivity contribution in [2.24, 2.45) is 4.99 Å². The minimum absolute atomic E-state index is 0.0206. The number of carbonyl (C=O) groups excluding carboxylic acids is 2. The largest absolute Gasteiger partial charge is 0.454 e. The molecule has 0 aromatic heterocycles. The third kappa shape index (κ3) is 4.90. The molecule has 1 aromatic rings.